The monoisotopic (exact) mass is 283 g/mol. The third-order valence-electron chi connectivity index (χ3n) is 3.69. The van der Waals surface area contributed by atoms with Gasteiger partial charge in [0.25, 0.3) is 0 Å². The van der Waals surface area contributed by atoms with Crippen LogP contribution >= 0.6 is 0 Å². The van der Waals surface area contributed by atoms with E-state index in [4.69, 9.17) is 4.74 Å². The third kappa shape index (κ3) is 5.24. The van der Waals surface area contributed by atoms with Gasteiger partial charge in [-0.25, -0.2) is 0 Å². The number of benzene rings is 2. The molecule has 0 saturated heterocycles. The van der Waals surface area contributed by atoms with Gasteiger partial charge in [-0.15, -0.1) is 0 Å². The lowest BCUT2D eigenvalue weighted by molar-refractivity contribution is 0.198. The van der Waals surface area contributed by atoms with Crippen molar-refractivity contribution in [1.82, 2.24) is 5.32 Å². The molecule has 0 aliphatic carbocycles. The van der Waals surface area contributed by atoms with Gasteiger partial charge in [-0.2, -0.15) is 0 Å². The first-order valence-corrected chi connectivity index (χ1v) is 7.64. The second-order valence-corrected chi connectivity index (χ2v) is 5.66. The van der Waals surface area contributed by atoms with Crippen molar-refractivity contribution in [1.29, 1.82) is 0 Å². The molecule has 0 aromatic heterocycles. The summed E-state index contributed by atoms with van der Waals surface area (Å²) in [7, 11) is 1.98. The predicted molar refractivity (Wildman–Crippen MR) is 88.9 cm³/mol. The fraction of sp³-hybridized carbons (Fsp3) is 0.368. The average Bonchev–Trinajstić information content (AvgIpc) is 2.50. The van der Waals surface area contributed by atoms with Gasteiger partial charge in [-0.1, -0.05) is 42.5 Å². The molecule has 2 aromatic carbocycles. The fourth-order valence-electron chi connectivity index (χ4n) is 2.41. The van der Waals surface area contributed by atoms with Gasteiger partial charge in [-0.3, -0.25) is 0 Å². The molecule has 0 aliphatic rings. The van der Waals surface area contributed by atoms with E-state index in [0.29, 0.717) is 6.04 Å². The molecular formula is C19H25NO. The van der Waals surface area contributed by atoms with E-state index in [1.807, 2.05) is 13.1 Å². The summed E-state index contributed by atoms with van der Waals surface area (Å²) in [5.74, 6) is 0.947. The summed E-state index contributed by atoms with van der Waals surface area (Å²) < 4.78 is 5.95. The Morgan fingerprint density at radius 3 is 2.14 bits per heavy atom. The zero-order valence-corrected chi connectivity index (χ0v) is 13.2. The minimum Gasteiger partial charge on any atom is -0.491 e. The highest BCUT2D eigenvalue weighted by Gasteiger charge is 2.08. The molecule has 0 fully saturated rings. The first-order valence-electron chi connectivity index (χ1n) is 7.64. The number of hydrogen-bond donors (Lipinski definition) is 1. The highest BCUT2D eigenvalue weighted by atomic mass is 16.5. The molecule has 0 radical (unpaired) electrons. The Morgan fingerprint density at radius 1 is 0.905 bits per heavy atom. The number of rotatable bonds is 7. The van der Waals surface area contributed by atoms with Crippen molar-refractivity contribution in [3.05, 3.63) is 65.7 Å². The lowest BCUT2D eigenvalue weighted by Crippen LogP contribution is -2.28. The van der Waals surface area contributed by atoms with Gasteiger partial charge >= 0.3 is 0 Å². The Kier molecular flexibility index (Phi) is 5.82. The predicted octanol–water partition coefficient (Wildman–Crippen LogP) is 4.04. The molecule has 0 amide bonds. The highest BCUT2D eigenvalue weighted by Crippen LogP contribution is 2.17. The molecule has 0 spiro atoms. The van der Waals surface area contributed by atoms with Crippen LogP contribution in [0.15, 0.2) is 54.6 Å². The summed E-state index contributed by atoms with van der Waals surface area (Å²) >= 11 is 0. The van der Waals surface area contributed by atoms with Crippen molar-refractivity contribution in [2.24, 2.45) is 0 Å². The van der Waals surface area contributed by atoms with Gasteiger partial charge < -0.3 is 10.1 Å². The van der Waals surface area contributed by atoms with Crippen LogP contribution in [0.5, 0.6) is 5.75 Å². The standard InChI is InChI=1S/C19H25NO/c1-15(20-3)13-16(2)21-19-11-9-18(10-12-19)14-17-7-5-4-6-8-17/h4-12,15-16,20H,13-14H2,1-3H3. The second-order valence-electron chi connectivity index (χ2n) is 5.66. The normalized spacial score (nSPS) is 13.7. The molecule has 0 bridgehead atoms. The van der Waals surface area contributed by atoms with E-state index in [2.05, 4.69) is 67.7 Å². The minimum absolute atomic E-state index is 0.215. The lowest BCUT2D eigenvalue weighted by atomic mass is 10.1. The Balaban J connectivity index is 1.90. The largest absolute Gasteiger partial charge is 0.491 e. The Morgan fingerprint density at radius 2 is 1.52 bits per heavy atom. The zero-order valence-electron chi connectivity index (χ0n) is 13.2. The van der Waals surface area contributed by atoms with E-state index in [1.54, 1.807) is 0 Å². The van der Waals surface area contributed by atoms with Crippen LogP contribution in [0.2, 0.25) is 0 Å². The summed E-state index contributed by atoms with van der Waals surface area (Å²) in [6.07, 6.45) is 2.18. The number of ether oxygens (including phenoxy) is 1. The van der Waals surface area contributed by atoms with Gasteiger partial charge in [0.2, 0.25) is 0 Å². The maximum absolute atomic E-state index is 5.95. The van der Waals surface area contributed by atoms with Gasteiger partial charge in [0.05, 0.1) is 6.10 Å². The molecule has 1 N–H and O–H groups in total. The summed E-state index contributed by atoms with van der Waals surface area (Å²) in [5, 5.41) is 3.24. The highest BCUT2D eigenvalue weighted by molar-refractivity contribution is 5.31. The van der Waals surface area contributed by atoms with Crippen LogP contribution in [-0.2, 0) is 6.42 Å². The van der Waals surface area contributed by atoms with E-state index < -0.39 is 0 Å². The minimum atomic E-state index is 0.215. The lowest BCUT2D eigenvalue weighted by Gasteiger charge is -2.18. The summed E-state index contributed by atoms with van der Waals surface area (Å²) in [6.45, 7) is 4.29. The van der Waals surface area contributed by atoms with Crippen LogP contribution in [0.25, 0.3) is 0 Å². The molecular weight excluding hydrogens is 258 g/mol. The van der Waals surface area contributed by atoms with Crippen LogP contribution in [0.4, 0.5) is 0 Å². The number of nitrogens with one attached hydrogen (secondary N) is 1. The maximum Gasteiger partial charge on any atom is 0.119 e. The Bertz CT molecular complexity index is 521. The fourth-order valence-corrected chi connectivity index (χ4v) is 2.41. The van der Waals surface area contributed by atoms with Crippen molar-refractivity contribution < 1.29 is 4.74 Å². The van der Waals surface area contributed by atoms with Crippen molar-refractivity contribution in [2.45, 2.75) is 38.8 Å². The van der Waals surface area contributed by atoms with Gasteiger partial charge in [0, 0.05) is 6.04 Å². The molecule has 2 heteroatoms. The molecule has 21 heavy (non-hydrogen) atoms. The Labute approximate surface area is 128 Å². The van der Waals surface area contributed by atoms with Crippen molar-refractivity contribution in [2.75, 3.05) is 7.05 Å². The van der Waals surface area contributed by atoms with Crippen LogP contribution in [0.3, 0.4) is 0 Å². The summed E-state index contributed by atoms with van der Waals surface area (Å²) in [5.41, 5.74) is 2.65. The van der Waals surface area contributed by atoms with Crippen molar-refractivity contribution in [3.8, 4) is 5.75 Å². The van der Waals surface area contributed by atoms with Gasteiger partial charge in [0.15, 0.2) is 0 Å². The SMILES string of the molecule is CNC(C)CC(C)Oc1ccc(Cc2ccccc2)cc1. The van der Waals surface area contributed by atoms with E-state index in [0.717, 1.165) is 18.6 Å². The molecule has 2 unspecified atom stereocenters. The van der Waals surface area contributed by atoms with Crippen molar-refractivity contribution in [3.63, 3.8) is 0 Å². The molecule has 112 valence electrons. The zero-order chi connectivity index (χ0) is 15.1. The Hall–Kier alpha value is -1.80. The van der Waals surface area contributed by atoms with E-state index >= 15 is 0 Å². The van der Waals surface area contributed by atoms with Crippen LogP contribution in [0, 0.1) is 0 Å². The van der Waals surface area contributed by atoms with E-state index in [-0.39, 0.29) is 6.10 Å². The van der Waals surface area contributed by atoms with Crippen LogP contribution in [0.1, 0.15) is 31.4 Å². The van der Waals surface area contributed by atoms with Gasteiger partial charge in [0.1, 0.15) is 5.75 Å². The maximum atomic E-state index is 5.95. The van der Waals surface area contributed by atoms with E-state index in [9.17, 15) is 0 Å². The van der Waals surface area contributed by atoms with Crippen LogP contribution < -0.4 is 10.1 Å². The molecule has 2 rings (SSSR count). The third-order valence-corrected chi connectivity index (χ3v) is 3.69. The van der Waals surface area contributed by atoms with Gasteiger partial charge in [-0.05, 0) is 57.0 Å². The first-order chi connectivity index (χ1) is 10.2. The van der Waals surface area contributed by atoms with Crippen molar-refractivity contribution >= 4 is 0 Å². The molecule has 2 atom stereocenters. The topological polar surface area (TPSA) is 21.3 Å². The molecule has 2 nitrogen and oxygen atoms in total. The second kappa shape index (κ2) is 7.84. The molecule has 0 aliphatic heterocycles. The van der Waals surface area contributed by atoms with Crippen LogP contribution in [-0.4, -0.2) is 19.2 Å². The molecule has 0 heterocycles. The average molecular weight is 283 g/mol. The quantitative estimate of drug-likeness (QED) is 0.828. The molecule has 0 saturated carbocycles. The number of hydrogen-bond acceptors (Lipinski definition) is 2. The smallest absolute Gasteiger partial charge is 0.119 e. The first kappa shape index (κ1) is 15.6. The summed E-state index contributed by atoms with van der Waals surface area (Å²) in [6, 6.07) is 19.4. The van der Waals surface area contributed by atoms with E-state index in [1.165, 1.54) is 11.1 Å². The molecule has 2 aromatic rings. The summed E-state index contributed by atoms with van der Waals surface area (Å²) in [4.78, 5) is 0.